The van der Waals surface area contributed by atoms with Gasteiger partial charge in [0.15, 0.2) is 11.6 Å². The topological polar surface area (TPSA) is 56.7 Å². The minimum absolute atomic E-state index is 0.153. The maximum Gasteiger partial charge on any atom is 0.163 e. The van der Waals surface area contributed by atoms with Gasteiger partial charge in [-0.25, -0.2) is 13.8 Å². The van der Waals surface area contributed by atoms with E-state index in [9.17, 15) is 8.78 Å². The molecule has 0 radical (unpaired) electrons. The van der Waals surface area contributed by atoms with Crippen LogP contribution in [-0.2, 0) is 13.0 Å². The number of nitrogens with zero attached hydrogens (tertiary/aromatic N) is 3. The number of rotatable bonds is 4. The molecule has 2 rings (SSSR count). The van der Waals surface area contributed by atoms with Crippen LogP contribution < -0.4 is 5.73 Å². The summed E-state index contributed by atoms with van der Waals surface area (Å²) in [7, 11) is 0. The fourth-order valence-electron chi connectivity index (χ4n) is 1.82. The van der Waals surface area contributed by atoms with E-state index in [1.807, 2.05) is 6.92 Å². The Labute approximate surface area is 103 Å². The van der Waals surface area contributed by atoms with E-state index in [0.29, 0.717) is 18.8 Å². The van der Waals surface area contributed by atoms with Crippen LogP contribution in [0.3, 0.4) is 0 Å². The van der Waals surface area contributed by atoms with Gasteiger partial charge >= 0.3 is 0 Å². The first-order chi connectivity index (χ1) is 8.63. The van der Waals surface area contributed by atoms with Crippen LogP contribution in [0.5, 0.6) is 0 Å². The largest absolute Gasteiger partial charge is 0.323 e. The molecule has 0 aliphatic carbocycles. The van der Waals surface area contributed by atoms with Gasteiger partial charge in [-0.05, 0) is 13.0 Å². The van der Waals surface area contributed by atoms with Crippen LogP contribution in [0, 0.1) is 11.6 Å². The molecule has 0 aliphatic heterocycles. The minimum atomic E-state index is -0.896. The average Bonchev–Trinajstić information content (AvgIpc) is 2.79. The molecule has 1 aromatic heterocycles. The highest BCUT2D eigenvalue weighted by Gasteiger charge is 2.17. The van der Waals surface area contributed by atoms with Gasteiger partial charge in [-0.2, -0.15) is 5.10 Å². The fourth-order valence-corrected chi connectivity index (χ4v) is 1.82. The number of halogens is 2. The van der Waals surface area contributed by atoms with Crippen molar-refractivity contribution in [2.75, 3.05) is 0 Å². The summed E-state index contributed by atoms with van der Waals surface area (Å²) in [5.74, 6) is -1.12. The van der Waals surface area contributed by atoms with Crippen LogP contribution >= 0.6 is 0 Å². The molecule has 0 bridgehead atoms. The number of aryl methyl sites for hydroxylation is 1. The molecule has 96 valence electrons. The summed E-state index contributed by atoms with van der Waals surface area (Å²) in [5, 5.41) is 4.00. The number of hydrogen-bond acceptors (Lipinski definition) is 3. The molecule has 0 fully saturated rings. The second-order valence-corrected chi connectivity index (χ2v) is 3.95. The van der Waals surface area contributed by atoms with Crippen molar-refractivity contribution < 1.29 is 8.78 Å². The van der Waals surface area contributed by atoms with Crippen molar-refractivity contribution >= 4 is 0 Å². The first-order valence-corrected chi connectivity index (χ1v) is 5.69. The van der Waals surface area contributed by atoms with Crippen LogP contribution in [0.4, 0.5) is 8.78 Å². The molecule has 1 aromatic carbocycles. The van der Waals surface area contributed by atoms with E-state index in [-0.39, 0.29) is 5.56 Å². The highest BCUT2D eigenvalue weighted by atomic mass is 19.2. The van der Waals surface area contributed by atoms with E-state index in [2.05, 4.69) is 10.1 Å². The molecule has 1 heterocycles. The first kappa shape index (κ1) is 12.6. The predicted octanol–water partition coefficient (Wildman–Crippen LogP) is 1.82. The van der Waals surface area contributed by atoms with Gasteiger partial charge in [0, 0.05) is 24.6 Å². The van der Waals surface area contributed by atoms with Crippen LogP contribution in [0.25, 0.3) is 0 Å². The lowest BCUT2D eigenvalue weighted by Crippen LogP contribution is -2.18. The number of hydrogen-bond donors (Lipinski definition) is 1. The third kappa shape index (κ3) is 2.38. The van der Waals surface area contributed by atoms with Gasteiger partial charge in [-0.15, -0.1) is 0 Å². The Morgan fingerprint density at radius 1 is 1.39 bits per heavy atom. The molecular weight excluding hydrogens is 238 g/mol. The Kier molecular flexibility index (Phi) is 3.66. The second kappa shape index (κ2) is 5.22. The van der Waals surface area contributed by atoms with Crippen molar-refractivity contribution in [3.63, 3.8) is 0 Å². The lowest BCUT2D eigenvalue weighted by molar-refractivity contribution is 0.483. The lowest BCUT2D eigenvalue weighted by Gasteiger charge is -2.13. The third-order valence-electron chi connectivity index (χ3n) is 2.78. The molecule has 0 saturated carbocycles. The Morgan fingerprint density at radius 3 is 2.89 bits per heavy atom. The summed E-state index contributed by atoms with van der Waals surface area (Å²) in [6, 6.07) is 3.35. The van der Waals surface area contributed by atoms with Gasteiger partial charge in [0.2, 0.25) is 0 Å². The van der Waals surface area contributed by atoms with E-state index in [1.165, 1.54) is 18.5 Å². The zero-order valence-electron chi connectivity index (χ0n) is 9.98. The van der Waals surface area contributed by atoms with Crippen molar-refractivity contribution in [2.45, 2.75) is 25.9 Å². The van der Waals surface area contributed by atoms with Crippen LogP contribution in [0.15, 0.2) is 24.5 Å². The second-order valence-electron chi connectivity index (χ2n) is 3.95. The van der Waals surface area contributed by atoms with Crippen molar-refractivity contribution in [3.05, 3.63) is 47.5 Å². The normalized spacial score (nSPS) is 12.7. The molecule has 0 amide bonds. The van der Waals surface area contributed by atoms with E-state index < -0.39 is 17.7 Å². The van der Waals surface area contributed by atoms with Gasteiger partial charge in [-0.3, -0.25) is 4.68 Å². The molecule has 2 aromatic rings. The Hall–Kier alpha value is -1.82. The Bertz CT molecular complexity index is 539. The molecular formula is C12H14F2N4. The molecule has 0 aliphatic rings. The van der Waals surface area contributed by atoms with Crippen molar-refractivity contribution in [2.24, 2.45) is 5.73 Å². The summed E-state index contributed by atoms with van der Waals surface area (Å²) < 4.78 is 28.3. The van der Waals surface area contributed by atoms with Gasteiger partial charge in [0.1, 0.15) is 12.2 Å². The molecule has 1 unspecified atom stereocenters. The summed E-state index contributed by atoms with van der Waals surface area (Å²) in [6.07, 6.45) is 1.74. The Balaban J connectivity index is 2.22. The fraction of sp³-hybridized carbons (Fsp3) is 0.333. The number of benzene rings is 1. The predicted molar refractivity (Wildman–Crippen MR) is 62.7 cm³/mol. The lowest BCUT2D eigenvalue weighted by atomic mass is 10.0. The van der Waals surface area contributed by atoms with Gasteiger partial charge in [-0.1, -0.05) is 12.1 Å². The van der Waals surface area contributed by atoms with Crippen molar-refractivity contribution in [1.29, 1.82) is 0 Å². The summed E-state index contributed by atoms with van der Waals surface area (Å²) >= 11 is 0. The standard InChI is InChI=1S/C12H14F2N4/c1-2-18-11(16-7-17-18)6-10(15)8-4-3-5-9(13)12(8)14/h3-5,7,10H,2,6,15H2,1H3. The van der Waals surface area contributed by atoms with Crippen LogP contribution in [-0.4, -0.2) is 14.8 Å². The summed E-state index contributed by atoms with van der Waals surface area (Å²) in [4.78, 5) is 4.06. The molecule has 0 saturated heterocycles. The zero-order valence-corrected chi connectivity index (χ0v) is 9.98. The maximum atomic E-state index is 13.6. The van der Waals surface area contributed by atoms with Crippen molar-refractivity contribution in [3.8, 4) is 0 Å². The first-order valence-electron chi connectivity index (χ1n) is 5.69. The van der Waals surface area contributed by atoms with E-state index in [0.717, 1.165) is 6.07 Å². The SMILES string of the molecule is CCn1ncnc1CC(N)c1cccc(F)c1F. The highest BCUT2D eigenvalue weighted by Crippen LogP contribution is 2.20. The number of nitrogens with two attached hydrogens (primary N) is 1. The molecule has 6 heteroatoms. The molecule has 4 nitrogen and oxygen atoms in total. The molecule has 0 spiro atoms. The van der Waals surface area contributed by atoms with E-state index in [1.54, 1.807) is 4.68 Å². The maximum absolute atomic E-state index is 13.6. The van der Waals surface area contributed by atoms with Crippen LogP contribution in [0.2, 0.25) is 0 Å². The molecule has 1 atom stereocenters. The van der Waals surface area contributed by atoms with Gasteiger partial charge in [0.25, 0.3) is 0 Å². The van der Waals surface area contributed by atoms with Gasteiger partial charge < -0.3 is 5.73 Å². The van der Waals surface area contributed by atoms with E-state index in [4.69, 9.17) is 5.73 Å². The summed E-state index contributed by atoms with van der Waals surface area (Å²) in [6.45, 7) is 2.58. The number of aromatic nitrogens is 3. The average molecular weight is 252 g/mol. The monoisotopic (exact) mass is 252 g/mol. The minimum Gasteiger partial charge on any atom is -0.323 e. The molecule has 18 heavy (non-hydrogen) atoms. The summed E-state index contributed by atoms with van der Waals surface area (Å²) in [5.41, 5.74) is 6.05. The Morgan fingerprint density at radius 2 is 2.17 bits per heavy atom. The van der Waals surface area contributed by atoms with E-state index >= 15 is 0 Å². The van der Waals surface area contributed by atoms with Crippen LogP contribution in [0.1, 0.15) is 24.4 Å². The van der Waals surface area contributed by atoms with Crippen molar-refractivity contribution in [1.82, 2.24) is 14.8 Å². The smallest absolute Gasteiger partial charge is 0.163 e. The zero-order chi connectivity index (χ0) is 13.1. The van der Waals surface area contributed by atoms with Gasteiger partial charge in [0.05, 0.1) is 0 Å². The third-order valence-corrected chi connectivity index (χ3v) is 2.78. The highest BCUT2D eigenvalue weighted by molar-refractivity contribution is 5.23. The molecule has 2 N–H and O–H groups in total. The quantitative estimate of drug-likeness (QED) is 0.903.